The average Bonchev–Trinajstić information content (AvgIpc) is 2.75. The van der Waals surface area contributed by atoms with Crippen LogP contribution in [0.3, 0.4) is 0 Å². The van der Waals surface area contributed by atoms with Gasteiger partial charge in [-0.15, -0.1) is 0 Å². The zero-order valence-corrected chi connectivity index (χ0v) is 19.0. The number of hydrogen-bond donors (Lipinski definition) is 1. The van der Waals surface area contributed by atoms with Crippen LogP contribution in [0.4, 0.5) is 4.39 Å². The lowest BCUT2D eigenvalue weighted by molar-refractivity contribution is -0.142. The summed E-state index contributed by atoms with van der Waals surface area (Å²) < 4.78 is 19.0. The molecule has 0 radical (unpaired) electrons. The maximum Gasteiger partial charge on any atom is 0.261 e. The van der Waals surface area contributed by atoms with Gasteiger partial charge in [0.05, 0.1) is 0 Å². The Bertz CT molecular complexity index is 848. The van der Waals surface area contributed by atoms with Crippen molar-refractivity contribution in [3.05, 3.63) is 65.5 Å². The first-order chi connectivity index (χ1) is 14.7. The van der Waals surface area contributed by atoms with E-state index in [-0.39, 0.29) is 30.8 Å². The highest BCUT2D eigenvalue weighted by molar-refractivity contribution is 5.87. The lowest BCUT2D eigenvalue weighted by atomic mass is 10.0. The minimum atomic E-state index is -0.691. The fourth-order valence-corrected chi connectivity index (χ4v) is 3.00. The molecule has 0 fully saturated rings. The molecule has 0 aromatic heterocycles. The normalized spacial score (nSPS) is 12.0. The monoisotopic (exact) mass is 428 g/mol. The van der Waals surface area contributed by atoms with Crippen LogP contribution < -0.4 is 10.1 Å². The van der Waals surface area contributed by atoms with E-state index < -0.39 is 6.04 Å². The van der Waals surface area contributed by atoms with Crippen LogP contribution >= 0.6 is 0 Å². The van der Waals surface area contributed by atoms with E-state index in [4.69, 9.17) is 4.74 Å². The van der Waals surface area contributed by atoms with Crippen LogP contribution in [-0.4, -0.2) is 35.9 Å². The third-order valence-corrected chi connectivity index (χ3v) is 5.03. The summed E-state index contributed by atoms with van der Waals surface area (Å²) in [7, 11) is 0. The lowest BCUT2D eigenvalue weighted by Crippen LogP contribution is -2.49. The predicted molar refractivity (Wildman–Crippen MR) is 120 cm³/mol. The van der Waals surface area contributed by atoms with Crippen molar-refractivity contribution in [1.29, 1.82) is 0 Å². The first-order valence-corrected chi connectivity index (χ1v) is 10.7. The summed E-state index contributed by atoms with van der Waals surface area (Å²) in [5, 5.41) is 2.87. The van der Waals surface area contributed by atoms with E-state index in [0.717, 1.165) is 5.56 Å². The second kappa shape index (κ2) is 11.5. The number of carbonyl (C=O) groups excluding carboxylic acids is 2. The van der Waals surface area contributed by atoms with Crippen molar-refractivity contribution in [2.24, 2.45) is 5.92 Å². The molecule has 168 valence electrons. The van der Waals surface area contributed by atoms with Gasteiger partial charge in [-0.3, -0.25) is 9.59 Å². The maximum absolute atomic E-state index is 13.3. The Morgan fingerprint density at radius 1 is 0.968 bits per heavy atom. The maximum atomic E-state index is 13.3. The van der Waals surface area contributed by atoms with Crippen molar-refractivity contribution in [1.82, 2.24) is 10.2 Å². The van der Waals surface area contributed by atoms with Crippen molar-refractivity contribution in [2.75, 3.05) is 13.2 Å². The van der Waals surface area contributed by atoms with Crippen molar-refractivity contribution in [2.45, 2.75) is 53.1 Å². The molecule has 1 atom stereocenters. The molecule has 0 aliphatic heterocycles. The molecular weight excluding hydrogens is 395 g/mol. The minimum absolute atomic E-state index is 0.186. The SMILES string of the molecule is CC(C)CNC(=O)[C@@H](C)N(Cc1ccc(F)cc1)C(=O)COc1ccc(C(C)C)cc1. The number of hydrogen-bond acceptors (Lipinski definition) is 3. The van der Waals surface area contributed by atoms with E-state index in [2.05, 4.69) is 19.2 Å². The van der Waals surface area contributed by atoms with Crippen molar-refractivity contribution >= 4 is 11.8 Å². The van der Waals surface area contributed by atoms with Crippen LogP contribution in [-0.2, 0) is 16.1 Å². The number of benzene rings is 2. The molecule has 5 nitrogen and oxygen atoms in total. The third-order valence-electron chi connectivity index (χ3n) is 5.03. The Hall–Kier alpha value is -2.89. The van der Waals surface area contributed by atoms with E-state index in [0.29, 0.717) is 24.1 Å². The molecule has 0 heterocycles. The van der Waals surface area contributed by atoms with Crippen LogP contribution in [0.25, 0.3) is 0 Å². The van der Waals surface area contributed by atoms with Gasteiger partial charge in [0.15, 0.2) is 6.61 Å². The topological polar surface area (TPSA) is 58.6 Å². The van der Waals surface area contributed by atoms with E-state index >= 15 is 0 Å². The smallest absolute Gasteiger partial charge is 0.261 e. The van der Waals surface area contributed by atoms with Crippen LogP contribution in [0.5, 0.6) is 5.75 Å². The van der Waals surface area contributed by atoms with Gasteiger partial charge in [0.25, 0.3) is 5.91 Å². The molecule has 2 amide bonds. The number of amides is 2. The summed E-state index contributed by atoms with van der Waals surface area (Å²) in [4.78, 5) is 27.1. The molecule has 0 saturated heterocycles. The zero-order chi connectivity index (χ0) is 23.0. The fraction of sp³-hybridized carbons (Fsp3) is 0.440. The number of carbonyl (C=O) groups is 2. The summed E-state index contributed by atoms with van der Waals surface area (Å²) in [5.74, 6) is 0.408. The molecule has 0 saturated carbocycles. The molecule has 0 bridgehead atoms. The first-order valence-electron chi connectivity index (χ1n) is 10.7. The van der Waals surface area contributed by atoms with Crippen LogP contribution in [0.15, 0.2) is 48.5 Å². The summed E-state index contributed by atoms with van der Waals surface area (Å²) in [6, 6.07) is 12.8. The molecule has 0 unspecified atom stereocenters. The third kappa shape index (κ3) is 7.70. The second-order valence-corrected chi connectivity index (χ2v) is 8.48. The summed E-state index contributed by atoms with van der Waals surface area (Å²) in [6.07, 6.45) is 0. The first kappa shape index (κ1) is 24.4. The number of nitrogens with one attached hydrogen (secondary N) is 1. The molecule has 31 heavy (non-hydrogen) atoms. The average molecular weight is 429 g/mol. The van der Waals surface area contributed by atoms with E-state index in [9.17, 15) is 14.0 Å². The molecule has 6 heteroatoms. The Balaban J connectivity index is 2.10. The van der Waals surface area contributed by atoms with Gasteiger partial charge < -0.3 is 15.0 Å². The van der Waals surface area contributed by atoms with Gasteiger partial charge in [0.2, 0.25) is 5.91 Å². The van der Waals surface area contributed by atoms with Gasteiger partial charge in [0.1, 0.15) is 17.6 Å². The largest absolute Gasteiger partial charge is 0.484 e. The Morgan fingerprint density at radius 3 is 2.13 bits per heavy atom. The van der Waals surface area contributed by atoms with E-state index in [1.807, 2.05) is 38.1 Å². The van der Waals surface area contributed by atoms with E-state index in [1.165, 1.54) is 22.6 Å². The molecule has 0 aliphatic rings. The second-order valence-electron chi connectivity index (χ2n) is 8.48. The highest BCUT2D eigenvalue weighted by Gasteiger charge is 2.26. The van der Waals surface area contributed by atoms with Crippen LogP contribution in [0.2, 0.25) is 0 Å². The van der Waals surface area contributed by atoms with E-state index in [1.54, 1.807) is 19.1 Å². The predicted octanol–water partition coefficient (Wildman–Crippen LogP) is 4.52. The van der Waals surface area contributed by atoms with Gasteiger partial charge in [-0.25, -0.2) is 4.39 Å². The molecule has 0 spiro atoms. The Labute approximate surface area is 184 Å². The minimum Gasteiger partial charge on any atom is -0.484 e. The van der Waals surface area contributed by atoms with Gasteiger partial charge in [-0.05, 0) is 54.2 Å². The quantitative estimate of drug-likeness (QED) is 0.605. The highest BCUT2D eigenvalue weighted by atomic mass is 19.1. The zero-order valence-electron chi connectivity index (χ0n) is 19.0. The Kier molecular flexibility index (Phi) is 9.03. The highest BCUT2D eigenvalue weighted by Crippen LogP contribution is 2.19. The lowest BCUT2D eigenvalue weighted by Gasteiger charge is -2.29. The van der Waals surface area contributed by atoms with Crippen LogP contribution in [0, 0.1) is 11.7 Å². The molecule has 2 aromatic rings. The molecule has 1 N–H and O–H groups in total. The standard InChI is InChI=1S/C25H33FN2O3/c1-17(2)14-27-25(30)19(5)28(15-20-6-10-22(26)11-7-20)24(29)16-31-23-12-8-21(9-13-23)18(3)4/h6-13,17-19H,14-16H2,1-5H3,(H,27,30)/t19-/m1/s1. The van der Waals surface area contributed by atoms with Crippen molar-refractivity contribution in [3.8, 4) is 5.75 Å². The molecule has 2 aromatic carbocycles. The van der Waals surface area contributed by atoms with Gasteiger partial charge in [-0.2, -0.15) is 0 Å². The fourth-order valence-electron chi connectivity index (χ4n) is 3.00. The van der Waals surface area contributed by atoms with Gasteiger partial charge in [0, 0.05) is 13.1 Å². The summed E-state index contributed by atoms with van der Waals surface area (Å²) in [6.45, 7) is 10.4. The number of halogens is 1. The molecular formula is C25H33FN2O3. The molecule has 0 aliphatic carbocycles. The van der Waals surface area contributed by atoms with Crippen molar-refractivity contribution < 1.29 is 18.7 Å². The van der Waals surface area contributed by atoms with Crippen LogP contribution in [0.1, 0.15) is 51.7 Å². The Morgan fingerprint density at radius 2 is 1.58 bits per heavy atom. The van der Waals surface area contributed by atoms with Crippen molar-refractivity contribution in [3.63, 3.8) is 0 Å². The van der Waals surface area contributed by atoms with Gasteiger partial charge >= 0.3 is 0 Å². The summed E-state index contributed by atoms with van der Waals surface area (Å²) >= 11 is 0. The summed E-state index contributed by atoms with van der Waals surface area (Å²) in [5.41, 5.74) is 1.92. The number of nitrogens with zero attached hydrogens (tertiary/aromatic N) is 1. The molecule has 2 rings (SSSR count). The van der Waals surface area contributed by atoms with Gasteiger partial charge in [-0.1, -0.05) is 52.0 Å². The number of rotatable bonds is 10. The number of ether oxygens (including phenoxy) is 1.